The molecule has 0 spiro atoms. The van der Waals surface area contributed by atoms with Crippen LogP contribution in [-0.4, -0.2) is 11.0 Å². The van der Waals surface area contributed by atoms with Gasteiger partial charge in [-0.05, 0) is 24.5 Å². The molecule has 0 heterocycles. The molecule has 5 heteroatoms. The first kappa shape index (κ1) is 26.1. The minimum Gasteiger partial charge on any atom is -0.504 e. The van der Waals surface area contributed by atoms with E-state index in [2.05, 4.69) is 12.2 Å². The van der Waals surface area contributed by atoms with Crippen LogP contribution in [-0.2, 0) is 11.2 Å². The van der Waals surface area contributed by atoms with Crippen molar-refractivity contribution in [3.8, 4) is 5.75 Å². The quantitative estimate of drug-likeness (QED) is 0.198. The van der Waals surface area contributed by atoms with Crippen molar-refractivity contribution in [1.82, 2.24) is 0 Å². The summed E-state index contributed by atoms with van der Waals surface area (Å²) in [5.41, 5.74) is 0.984. The van der Waals surface area contributed by atoms with Crippen molar-refractivity contribution < 1.29 is 9.90 Å². The van der Waals surface area contributed by atoms with Crippen molar-refractivity contribution >= 4 is 34.8 Å². The fourth-order valence-corrected chi connectivity index (χ4v) is 4.31. The Labute approximate surface area is 187 Å². The van der Waals surface area contributed by atoms with E-state index < -0.39 is 0 Å². The number of unbranched alkanes of at least 4 members (excludes halogenated alkanes) is 12. The number of carbonyl (C=O) groups is 1. The van der Waals surface area contributed by atoms with Crippen LogP contribution >= 0.6 is 23.2 Å². The van der Waals surface area contributed by atoms with Gasteiger partial charge in [-0.15, -0.1) is 0 Å². The zero-order valence-electron chi connectivity index (χ0n) is 18.3. The Balaban J connectivity index is 2.09. The van der Waals surface area contributed by atoms with Crippen molar-refractivity contribution in [2.75, 3.05) is 5.32 Å². The number of amides is 1. The molecule has 0 aliphatic heterocycles. The predicted molar refractivity (Wildman–Crippen MR) is 126 cm³/mol. The van der Waals surface area contributed by atoms with Gasteiger partial charge in [-0.2, -0.15) is 0 Å². The predicted octanol–water partition coefficient (Wildman–Crippen LogP) is 8.68. The van der Waals surface area contributed by atoms with Gasteiger partial charge in [0.1, 0.15) is 0 Å². The average molecular weight is 444 g/mol. The maximum absolute atomic E-state index is 12.1. The molecule has 0 atom stereocenters. The number of phenolic OH excluding ortho intramolecular Hbond substituents is 1. The van der Waals surface area contributed by atoms with Gasteiger partial charge in [-0.1, -0.05) is 114 Å². The van der Waals surface area contributed by atoms with Gasteiger partial charge in [0.15, 0.2) is 5.75 Å². The minimum atomic E-state index is -0.111. The highest BCUT2D eigenvalue weighted by Crippen LogP contribution is 2.39. The lowest BCUT2D eigenvalue weighted by Crippen LogP contribution is -2.11. The number of rotatable bonds is 16. The van der Waals surface area contributed by atoms with Crippen LogP contribution < -0.4 is 5.32 Å². The molecule has 0 aromatic heterocycles. The summed E-state index contributed by atoms with van der Waals surface area (Å²) in [7, 11) is 0. The number of anilines is 1. The molecule has 0 unspecified atom stereocenters. The van der Waals surface area contributed by atoms with Gasteiger partial charge in [0.2, 0.25) is 5.91 Å². The van der Waals surface area contributed by atoms with Gasteiger partial charge in [0.05, 0.1) is 10.7 Å². The lowest BCUT2D eigenvalue weighted by Gasteiger charge is -2.13. The maximum Gasteiger partial charge on any atom is 0.224 e. The third-order valence-electron chi connectivity index (χ3n) is 5.42. The Morgan fingerprint density at radius 2 is 1.34 bits per heavy atom. The molecular formula is C24H39Cl2NO2. The maximum atomic E-state index is 12.1. The van der Waals surface area contributed by atoms with E-state index >= 15 is 0 Å². The van der Waals surface area contributed by atoms with E-state index in [0.717, 1.165) is 12.8 Å². The summed E-state index contributed by atoms with van der Waals surface area (Å²) in [6.07, 6.45) is 17.7. The summed E-state index contributed by atoms with van der Waals surface area (Å²) in [6, 6.07) is 1.57. The van der Waals surface area contributed by atoms with Gasteiger partial charge < -0.3 is 10.4 Å². The standard InChI is InChI=1S/C24H39Cl2NO2/c1-3-5-6-7-8-9-10-11-12-13-14-15-16-17-22(28)27-21-18-20(25)19(4-2)23(26)24(21)29/h18,29H,3-17H2,1-2H3,(H,27,28). The highest BCUT2D eigenvalue weighted by molar-refractivity contribution is 6.37. The fraction of sp³-hybridized carbons (Fsp3) is 0.708. The normalized spacial score (nSPS) is 11.0. The highest BCUT2D eigenvalue weighted by Gasteiger charge is 2.15. The third kappa shape index (κ3) is 10.6. The van der Waals surface area contributed by atoms with E-state index in [4.69, 9.17) is 23.2 Å². The van der Waals surface area contributed by atoms with E-state index in [9.17, 15) is 9.90 Å². The van der Waals surface area contributed by atoms with Gasteiger partial charge in [0.25, 0.3) is 0 Å². The molecule has 1 aromatic carbocycles. The average Bonchev–Trinajstić information content (AvgIpc) is 2.70. The SMILES string of the molecule is CCCCCCCCCCCCCCCC(=O)Nc1cc(Cl)c(CC)c(Cl)c1O. The smallest absolute Gasteiger partial charge is 0.224 e. The van der Waals surface area contributed by atoms with E-state index in [1.807, 2.05) is 6.92 Å². The second kappa shape index (κ2) is 15.8. The van der Waals surface area contributed by atoms with Crippen molar-refractivity contribution in [3.63, 3.8) is 0 Å². The Bertz CT molecular complexity index is 605. The van der Waals surface area contributed by atoms with Crippen molar-refractivity contribution in [2.24, 2.45) is 0 Å². The summed E-state index contributed by atoms with van der Waals surface area (Å²) in [4.78, 5) is 12.1. The summed E-state index contributed by atoms with van der Waals surface area (Å²) in [6.45, 7) is 4.17. The van der Waals surface area contributed by atoms with E-state index in [1.165, 1.54) is 70.6 Å². The lowest BCUT2D eigenvalue weighted by molar-refractivity contribution is -0.116. The number of phenols is 1. The molecule has 0 radical (unpaired) electrons. The van der Waals surface area contributed by atoms with Gasteiger partial charge in [0, 0.05) is 11.4 Å². The van der Waals surface area contributed by atoms with Crippen LogP contribution in [0.3, 0.4) is 0 Å². The number of halogens is 2. The molecule has 1 rings (SSSR count). The zero-order valence-corrected chi connectivity index (χ0v) is 19.8. The highest BCUT2D eigenvalue weighted by atomic mass is 35.5. The van der Waals surface area contributed by atoms with Crippen LogP contribution in [0.4, 0.5) is 5.69 Å². The molecule has 3 nitrogen and oxygen atoms in total. The summed E-state index contributed by atoms with van der Waals surface area (Å²) in [5, 5.41) is 13.6. The van der Waals surface area contributed by atoms with Gasteiger partial charge in [-0.25, -0.2) is 0 Å². The molecule has 0 saturated carbocycles. The van der Waals surface area contributed by atoms with Crippen molar-refractivity contribution in [3.05, 3.63) is 21.7 Å². The molecule has 166 valence electrons. The molecule has 2 N–H and O–H groups in total. The number of benzene rings is 1. The molecule has 1 amide bonds. The van der Waals surface area contributed by atoms with E-state index in [1.54, 1.807) is 6.07 Å². The Morgan fingerprint density at radius 3 is 1.83 bits per heavy atom. The number of carbonyl (C=O) groups excluding carboxylic acids is 1. The number of hydrogen-bond donors (Lipinski definition) is 2. The van der Waals surface area contributed by atoms with E-state index in [-0.39, 0.29) is 22.4 Å². The second-order valence-electron chi connectivity index (χ2n) is 7.94. The molecule has 29 heavy (non-hydrogen) atoms. The first-order chi connectivity index (χ1) is 14.0. The Hall–Kier alpha value is -0.930. The zero-order chi connectivity index (χ0) is 21.5. The van der Waals surface area contributed by atoms with Gasteiger partial charge in [-0.3, -0.25) is 4.79 Å². The van der Waals surface area contributed by atoms with Crippen molar-refractivity contribution in [1.29, 1.82) is 0 Å². The molecule has 0 aliphatic carbocycles. The minimum absolute atomic E-state index is 0.105. The summed E-state index contributed by atoms with van der Waals surface area (Å²) >= 11 is 12.3. The van der Waals surface area contributed by atoms with Crippen LogP contribution in [0.2, 0.25) is 10.0 Å². The molecule has 1 aromatic rings. The third-order valence-corrected chi connectivity index (χ3v) is 6.17. The molecule has 0 aliphatic rings. The summed E-state index contributed by atoms with van der Waals surface area (Å²) in [5.74, 6) is -0.216. The van der Waals surface area contributed by atoms with Crippen LogP contribution in [0.5, 0.6) is 5.75 Å². The molecule has 0 fully saturated rings. The van der Waals surface area contributed by atoms with E-state index in [0.29, 0.717) is 23.4 Å². The first-order valence-electron chi connectivity index (χ1n) is 11.5. The largest absolute Gasteiger partial charge is 0.504 e. The van der Waals surface area contributed by atoms with Crippen molar-refractivity contribution in [2.45, 2.75) is 110 Å². The number of aromatic hydroxyl groups is 1. The number of hydrogen-bond acceptors (Lipinski definition) is 2. The summed E-state index contributed by atoms with van der Waals surface area (Å²) < 4.78 is 0. The number of nitrogens with one attached hydrogen (secondary N) is 1. The van der Waals surface area contributed by atoms with Crippen LogP contribution in [0.1, 0.15) is 109 Å². The second-order valence-corrected chi connectivity index (χ2v) is 8.73. The molecular weight excluding hydrogens is 405 g/mol. The monoisotopic (exact) mass is 443 g/mol. The Kier molecular flexibility index (Phi) is 14.3. The fourth-order valence-electron chi connectivity index (χ4n) is 3.58. The van der Waals surface area contributed by atoms with Crippen LogP contribution in [0, 0.1) is 0 Å². The molecule has 0 saturated heterocycles. The topological polar surface area (TPSA) is 49.3 Å². The lowest BCUT2D eigenvalue weighted by atomic mass is 10.0. The van der Waals surface area contributed by atoms with Gasteiger partial charge >= 0.3 is 0 Å². The van der Waals surface area contributed by atoms with Crippen LogP contribution in [0.15, 0.2) is 6.07 Å². The molecule has 0 bridgehead atoms. The first-order valence-corrected chi connectivity index (χ1v) is 12.3. The van der Waals surface area contributed by atoms with Crippen LogP contribution in [0.25, 0.3) is 0 Å². The Morgan fingerprint density at radius 1 is 0.862 bits per heavy atom.